The van der Waals surface area contributed by atoms with Crippen LogP contribution in [0, 0.1) is 13.1 Å². The zero-order chi connectivity index (χ0) is 22.6. The molecule has 0 saturated heterocycles. The molecule has 0 aliphatic carbocycles. The van der Waals surface area contributed by atoms with Gasteiger partial charge in [-0.3, -0.25) is 9.48 Å². The SMILES string of the molecule is Cc1cnc(NC=[C-]NC(C)c2cccc(NC(=O)c3cc(C(F)(F)F)nn3C)c2)[cH-]1.[K+]. The van der Waals surface area contributed by atoms with Gasteiger partial charge in [0.2, 0.25) is 0 Å². The molecule has 11 heteroatoms. The average Bonchev–Trinajstić information content (AvgIpc) is 3.30. The quantitative estimate of drug-likeness (QED) is 0.275. The van der Waals surface area contributed by atoms with Crippen LogP contribution in [0.4, 0.5) is 24.7 Å². The fourth-order valence-electron chi connectivity index (χ4n) is 2.80. The molecule has 0 saturated carbocycles. The maximum Gasteiger partial charge on any atom is 1.00 e. The van der Waals surface area contributed by atoms with Gasteiger partial charge in [-0.05, 0) is 24.6 Å². The summed E-state index contributed by atoms with van der Waals surface area (Å²) >= 11 is 0. The van der Waals surface area contributed by atoms with Gasteiger partial charge in [0.15, 0.2) is 5.69 Å². The predicted octanol–water partition coefficient (Wildman–Crippen LogP) is 1.15. The number of anilines is 2. The fourth-order valence-corrected chi connectivity index (χ4v) is 2.80. The molecule has 0 radical (unpaired) electrons. The standard InChI is InChI=1S/C21H21F3N6O.K/c1-13-9-19(27-12-13)26-8-7-25-14(2)15-5-4-6-16(10-15)28-20(31)17-11-18(21(22,23)24)29-30(17)3;/h4-6,8-12,14,25H,1-3H3,(H,26,27)(H,28,31);/q-2;+1. The normalized spacial score (nSPS) is 12.3. The molecule has 0 aliphatic rings. The van der Waals surface area contributed by atoms with Crippen LogP contribution in [0.3, 0.4) is 0 Å². The van der Waals surface area contributed by atoms with Crippen molar-refractivity contribution in [3.63, 3.8) is 0 Å². The van der Waals surface area contributed by atoms with Gasteiger partial charge in [-0.25, -0.2) is 0 Å². The number of aromatic nitrogens is 3. The zero-order valence-electron chi connectivity index (χ0n) is 18.1. The summed E-state index contributed by atoms with van der Waals surface area (Å²) in [5, 5.41) is 12.0. The maximum absolute atomic E-state index is 12.8. The van der Waals surface area contributed by atoms with Crippen molar-refractivity contribution in [1.82, 2.24) is 20.1 Å². The minimum absolute atomic E-state index is 0. The van der Waals surface area contributed by atoms with Crippen molar-refractivity contribution in [3.05, 3.63) is 77.5 Å². The van der Waals surface area contributed by atoms with E-state index in [1.807, 2.05) is 26.0 Å². The van der Waals surface area contributed by atoms with Gasteiger partial charge in [-0.1, -0.05) is 19.1 Å². The number of benzene rings is 1. The van der Waals surface area contributed by atoms with Crippen LogP contribution in [0.2, 0.25) is 0 Å². The Morgan fingerprint density at radius 2 is 2.06 bits per heavy atom. The van der Waals surface area contributed by atoms with Crippen molar-refractivity contribution >= 4 is 17.4 Å². The molecule has 0 aliphatic heterocycles. The van der Waals surface area contributed by atoms with Gasteiger partial charge in [-0.2, -0.15) is 36.1 Å². The van der Waals surface area contributed by atoms with E-state index < -0.39 is 17.8 Å². The third-order valence-electron chi connectivity index (χ3n) is 4.41. The summed E-state index contributed by atoms with van der Waals surface area (Å²) in [6.45, 7) is 3.85. The summed E-state index contributed by atoms with van der Waals surface area (Å²) in [5.74, 6) is 0.0319. The molecule has 3 rings (SSSR count). The summed E-state index contributed by atoms with van der Waals surface area (Å²) in [5.41, 5.74) is 1.04. The smallest absolute Gasteiger partial charge is 0.560 e. The Kier molecular flexibility index (Phi) is 9.16. The van der Waals surface area contributed by atoms with E-state index in [0.717, 1.165) is 21.9 Å². The van der Waals surface area contributed by atoms with E-state index >= 15 is 0 Å². The molecule has 1 aromatic carbocycles. The number of nitrogens with one attached hydrogen (secondary N) is 3. The number of aryl methyl sites for hydroxylation is 2. The molecule has 3 aromatic rings. The number of nitrogens with zero attached hydrogens (tertiary/aromatic N) is 3. The zero-order valence-corrected chi connectivity index (χ0v) is 21.2. The van der Waals surface area contributed by atoms with E-state index in [1.165, 1.54) is 7.05 Å². The van der Waals surface area contributed by atoms with Crippen molar-refractivity contribution < 1.29 is 69.4 Å². The van der Waals surface area contributed by atoms with Gasteiger partial charge in [0.25, 0.3) is 5.91 Å². The minimum Gasteiger partial charge on any atom is -0.560 e. The van der Waals surface area contributed by atoms with E-state index in [1.54, 1.807) is 30.6 Å². The number of rotatable bonds is 7. The van der Waals surface area contributed by atoms with Crippen molar-refractivity contribution in [2.24, 2.45) is 7.05 Å². The van der Waals surface area contributed by atoms with Gasteiger partial charge in [0.1, 0.15) is 5.69 Å². The first-order valence-electron chi connectivity index (χ1n) is 9.34. The van der Waals surface area contributed by atoms with Gasteiger partial charge >= 0.3 is 57.6 Å². The number of amides is 1. The molecule has 0 fully saturated rings. The molecule has 1 amide bonds. The molecule has 1 unspecified atom stereocenters. The minimum atomic E-state index is -4.62. The molecule has 7 nitrogen and oxygen atoms in total. The molecule has 1 atom stereocenters. The van der Waals surface area contributed by atoms with E-state index in [-0.39, 0.29) is 63.1 Å². The van der Waals surface area contributed by atoms with Crippen molar-refractivity contribution in [2.45, 2.75) is 26.1 Å². The number of carbonyl (C=O) groups is 1. The molecule has 2 aromatic heterocycles. The summed E-state index contributed by atoms with van der Waals surface area (Å²) in [6.07, 6.45) is 1.66. The summed E-state index contributed by atoms with van der Waals surface area (Å²) in [7, 11) is 1.29. The number of carbonyl (C=O) groups excluding carboxylic acids is 1. The van der Waals surface area contributed by atoms with Gasteiger partial charge in [0, 0.05) is 30.7 Å². The summed E-state index contributed by atoms with van der Waals surface area (Å²) < 4.78 is 39.3. The van der Waals surface area contributed by atoms with Crippen LogP contribution >= 0.6 is 0 Å². The Bertz CT molecular complexity index is 1090. The Hall–Kier alpha value is -2.05. The Labute approximate surface area is 226 Å². The van der Waals surface area contributed by atoms with E-state index in [9.17, 15) is 18.0 Å². The molecule has 164 valence electrons. The Morgan fingerprint density at radius 1 is 1.31 bits per heavy atom. The van der Waals surface area contributed by atoms with E-state index in [0.29, 0.717) is 11.5 Å². The number of alkyl halides is 3. The second-order valence-corrected chi connectivity index (χ2v) is 6.95. The van der Waals surface area contributed by atoms with Gasteiger partial charge in [-0.15, -0.1) is 6.20 Å². The summed E-state index contributed by atoms with van der Waals surface area (Å²) in [4.78, 5) is 16.6. The molecule has 0 spiro atoms. The van der Waals surface area contributed by atoms with Crippen molar-refractivity contribution in [2.75, 3.05) is 10.6 Å². The molecule has 0 bridgehead atoms. The second kappa shape index (κ2) is 11.2. The largest absolute Gasteiger partial charge is 1.00 e. The van der Waals surface area contributed by atoms with Crippen LogP contribution in [0.1, 0.15) is 40.3 Å². The van der Waals surface area contributed by atoms with Crippen LogP contribution in [-0.4, -0.2) is 20.7 Å². The first-order valence-corrected chi connectivity index (χ1v) is 9.34. The van der Waals surface area contributed by atoms with Crippen LogP contribution in [0.5, 0.6) is 0 Å². The van der Waals surface area contributed by atoms with Gasteiger partial charge < -0.3 is 27.1 Å². The van der Waals surface area contributed by atoms with E-state index in [2.05, 4.69) is 32.2 Å². The van der Waals surface area contributed by atoms with Gasteiger partial charge in [0.05, 0.1) is 0 Å². The topological polar surface area (TPSA) is 83.9 Å². The molecule has 2 heterocycles. The van der Waals surface area contributed by atoms with Crippen LogP contribution in [0.15, 0.2) is 48.8 Å². The third kappa shape index (κ3) is 6.97. The van der Waals surface area contributed by atoms with Crippen molar-refractivity contribution in [3.8, 4) is 0 Å². The summed E-state index contributed by atoms with van der Waals surface area (Å²) in [6, 6.07) is 9.46. The molecule has 3 N–H and O–H groups in total. The number of halogens is 3. The fraction of sp³-hybridized carbons (Fsp3) is 0.238. The monoisotopic (exact) mass is 469 g/mol. The molecule has 32 heavy (non-hydrogen) atoms. The first kappa shape index (κ1) is 26.2. The second-order valence-electron chi connectivity index (χ2n) is 6.95. The predicted molar refractivity (Wildman–Crippen MR) is 110 cm³/mol. The third-order valence-corrected chi connectivity index (χ3v) is 4.41. The first-order chi connectivity index (χ1) is 14.6. The molecular weight excluding hydrogens is 448 g/mol. The van der Waals surface area contributed by atoms with Crippen molar-refractivity contribution in [1.29, 1.82) is 0 Å². The van der Waals surface area contributed by atoms with E-state index in [4.69, 9.17) is 0 Å². The van der Waals surface area contributed by atoms with Crippen LogP contribution < -0.4 is 67.3 Å². The maximum atomic E-state index is 12.8. The average molecular weight is 470 g/mol. The van der Waals surface area contributed by atoms with Crippen LogP contribution in [0.25, 0.3) is 0 Å². The number of hydrogen-bond acceptors (Lipinski definition) is 5. The van der Waals surface area contributed by atoms with Crippen LogP contribution in [-0.2, 0) is 13.2 Å². The Balaban J connectivity index is 0.00000363. The molecular formula is C21H21F3KN6O-. The Morgan fingerprint density at radius 3 is 2.69 bits per heavy atom. The number of hydrogen-bond donors (Lipinski definition) is 3.